The minimum Gasteiger partial charge on any atom is -0.374 e. The van der Waals surface area contributed by atoms with Crippen LogP contribution in [0.3, 0.4) is 0 Å². The molecule has 74 valence electrons. The highest BCUT2D eigenvalue weighted by Gasteiger charge is 2.51. The van der Waals surface area contributed by atoms with E-state index in [1.54, 1.807) is 0 Å². The molecular weight excluding hydrogens is 160 g/mol. The molecule has 0 radical (unpaired) electrons. The average molecular weight is 180 g/mol. The molecule has 0 bridgehead atoms. The largest absolute Gasteiger partial charge is 0.374 e. The monoisotopic (exact) mass is 180 g/mol. The first-order valence-electron chi connectivity index (χ1n) is 5.17. The minimum atomic E-state index is 0.642. The molecule has 0 aliphatic carbocycles. The van der Waals surface area contributed by atoms with E-state index in [1.807, 2.05) is 0 Å². The number of likely N-dealkylation sites (tertiary alicyclic amines) is 2. The van der Waals surface area contributed by atoms with E-state index in [0.717, 1.165) is 6.04 Å². The van der Waals surface area contributed by atoms with Gasteiger partial charge in [0.25, 0.3) is 0 Å². The highest BCUT2D eigenvalue weighted by Crippen LogP contribution is 2.41. The lowest BCUT2D eigenvalue weighted by Gasteiger charge is -2.62. The van der Waals surface area contributed by atoms with Crippen molar-refractivity contribution in [1.82, 2.24) is 9.80 Å². The zero-order valence-electron chi connectivity index (χ0n) is 9.01. The standard InChI is InChI=1S/C11H20N2/c1-9(2)12-5-11(6-12)7-13(8-11)10(3)4/h10H,1,5-8H2,2-4H3. The summed E-state index contributed by atoms with van der Waals surface area (Å²) < 4.78 is 0. The fourth-order valence-electron chi connectivity index (χ4n) is 2.41. The van der Waals surface area contributed by atoms with Crippen LogP contribution >= 0.6 is 0 Å². The van der Waals surface area contributed by atoms with Gasteiger partial charge < -0.3 is 4.90 Å². The summed E-state index contributed by atoms with van der Waals surface area (Å²) in [6.07, 6.45) is 0. The van der Waals surface area contributed by atoms with E-state index in [4.69, 9.17) is 0 Å². The smallest absolute Gasteiger partial charge is 0.0308 e. The first-order chi connectivity index (χ1) is 6.02. The predicted octanol–water partition coefficient (Wildman–Crippen LogP) is 1.55. The van der Waals surface area contributed by atoms with Crippen molar-refractivity contribution in [2.45, 2.75) is 26.8 Å². The molecule has 2 saturated heterocycles. The highest BCUT2D eigenvalue weighted by atomic mass is 15.3. The van der Waals surface area contributed by atoms with Gasteiger partial charge in [0, 0.05) is 43.3 Å². The van der Waals surface area contributed by atoms with Gasteiger partial charge in [0.15, 0.2) is 0 Å². The van der Waals surface area contributed by atoms with Crippen LogP contribution in [0.25, 0.3) is 0 Å². The summed E-state index contributed by atoms with van der Waals surface area (Å²) in [6, 6.07) is 0.726. The molecule has 2 aliphatic heterocycles. The Bertz CT molecular complexity index is 218. The summed E-state index contributed by atoms with van der Waals surface area (Å²) in [5, 5.41) is 0. The quantitative estimate of drug-likeness (QED) is 0.636. The molecule has 0 aromatic carbocycles. The molecule has 2 fully saturated rings. The molecule has 2 rings (SSSR count). The summed E-state index contributed by atoms with van der Waals surface area (Å²) in [5.74, 6) is 0. The topological polar surface area (TPSA) is 6.48 Å². The molecule has 2 heterocycles. The van der Waals surface area contributed by atoms with Gasteiger partial charge in [-0.3, -0.25) is 4.90 Å². The van der Waals surface area contributed by atoms with Crippen molar-refractivity contribution in [3.63, 3.8) is 0 Å². The molecule has 0 aromatic rings. The van der Waals surface area contributed by atoms with Crippen molar-refractivity contribution in [2.24, 2.45) is 5.41 Å². The molecule has 0 aromatic heterocycles. The van der Waals surface area contributed by atoms with Crippen LogP contribution in [-0.2, 0) is 0 Å². The lowest BCUT2D eigenvalue weighted by atomic mass is 9.72. The first kappa shape index (κ1) is 9.07. The third kappa shape index (κ3) is 1.37. The van der Waals surface area contributed by atoms with Crippen molar-refractivity contribution in [3.05, 3.63) is 12.3 Å². The van der Waals surface area contributed by atoms with Crippen LogP contribution in [-0.4, -0.2) is 42.0 Å². The van der Waals surface area contributed by atoms with Crippen LogP contribution in [0.4, 0.5) is 0 Å². The normalized spacial score (nSPS) is 26.0. The third-order valence-electron chi connectivity index (χ3n) is 3.40. The van der Waals surface area contributed by atoms with E-state index in [9.17, 15) is 0 Å². The molecule has 0 N–H and O–H groups in total. The maximum absolute atomic E-state index is 3.97. The van der Waals surface area contributed by atoms with Crippen molar-refractivity contribution in [2.75, 3.05) is 26.2 Å². The van der Waals surface area contributed by atoms with E-state index in [2.05, 4.69) is 37.1 Å². The summed E-state index contributed by atoms with van der Waals surface area (Å²) in [4.78, 5) is 4.94. The van der Waals surface area contributed by atoms with E-state index in [1.165, 1.54) is 31.9 Å². The Kier molecular flexibility index (Phi) is 1.91. The van der Waals surface area contributed by atoms with E-state index >= 15 is 0 Å². The van der Waals surface area contributed by atoms with E-state index < -0.39 is 0 Å². The Labute approximate surface area is 81.2 Å². The Morgan fingerprint density at radius 1 is 1.23 bits per heavy atom. The second kappa shape index (κ2) is 2.74. The van der Waals surface area contributed by atoms with Crippen LogP contribution in [0.15, 0.2) is 12.3 Å². The molecule has 0 amide bonds. The number of hydrogen-bond donors (Lipinski definition) is 0. The van der Waals surface area contributed by atoms with Gasteiger partial charge in [0.05, 0.1) is 0 Å². The van der Waals surface area contributed by atoms with Gasteiger partial charge in [-0.15, -0.1) is 0 Å². The van der Waals surface area contributed by atoms with Gasteiger partial charge in [-0.05, 0) is 20.8 Å². The van der Waals surface area contributed by atoms with Crippen LogP contribution in [0.5, 0.6) is 0 Å². The van der Waals surface area contributed by atoms with Crippen LogP contribution in [0.2, 0.25) is 0 Å². The van der Waals surface area contributed by atoms with E-state index in [0.29, 0.717) is 5.41 Å². The predicted molar refractivity (Wildman–Crippen MR) is 55.5 cm³/mol. The highest BCUT2D eigenvalue weighted by molar-refractivity contribution is 5.11. The summed E-state index contributed by atoms with van der Waals surface area (Å²) in [6.45, 7) is 15.7. The Balaban J connectivity index is 1.79. The van der Waals surface area contributed by atoms with Crippen molar-refractivity contribution in [3.8, 4) is 0 Å². The molecule has 0 atom stereocenters. The molecule has 0 saturated carbocycles. The zero-order chi connectivity index (χ0) is 9.64. The number of allylic oxidation sites excluding steroid dienone is 1. The molecular formula is C11H20N2. The molecule has 0 unspecified atom stereocenters. The van der Waals surface area contributed by atoms with Gasteiger partial charge in [-0.25, -0.2) is 0 Å². The van der Waals surface area contributed by atoms with Gasteiger partial charge in [0.2, 0.25) is 0 Å². The maximum atomic E-state index is 3.97. The fourth-order valence-corrected chi connectivity index (χ4v) is 2.41. The summed E-state index contributed by atoms with van der Waals surface area (Å²) in [5.41, 5.74) is 1.87. The summed E-state index contributed by atoms with van der Waals surface area (Å²) in [7, 11) is 0. The lowest BCUT2D eigenvalue weighted by Crippen LogP contribution is -2.72. The van der Waals surface area contributed by atoms with E-state index in [-0.39, 0.29) is 0 Å². The van der Waals surface area contributed by atoms with Crippen LogP contribution in [0, 0.1) is 5.41 Å². The Hall–Kier alpha value is -0.500. The molecule has 1 spiro atoms. The Morgan fingerprint density at radius 2 is 1.77 bits per heavy atom. The zero-order valence-corrected chi connectivity index (χ0v) is 9.01. The molecule has 2 heteroatoms. The first-order valence-corrected chi connectivity index (χ1v) is 5.17. The lowest BCUT2D eigenvalue weighted by molar-refractivity contribution is -0.112. The fraction of sp³-hybridized carbons (Fsp3) is 0.818. The third-order valence-corrected chi connectivity index (χ3v) is 3.40. The van der Waals surface area contributed by atoms with Gasteiger partial charge in [-0.1, -0.05) is 6.58 Å². The SMILES string of the molecule is C=C(C)N1CC2(C1)CN(C(C)C)C2. The summed E-state index contributed by atoms with van der Waals surface area (Å²) >= 11 is 0. The minimum absolute atomic E-state index is 0.642. The van der Waals surface area contributed by atoms with Crippen LogP contribution in [0.1, 0.15) is 20.8 Å². The van der Waals surface area contributed by atoms with Gasteiger partial charge in [-0.2, -0.15) is 0 Å². The Morgan fingerprint density at radius 3 is 2.15 bits per heavy atom. The molecule has 13 heavy (non-hydrogen) atoms. The molecule has 2 aliphatic rings. The van der Waals surface area contributed by atoms with Crippen molar-refractivity contribution >= 4 is 0 Å². The number of nitrogens with zero attached hydrogens (tertiary/aromatic N) is 2. The van der Waals surface area contributed by atoms with Crippen LogP contribution < -0.4 is 0 Å². The molecule has 2 nitrogen and oxygen atoms in total. The van der Waals surface area contributed by atoms with Gasteiger partial charge >= 0.3 is 0 Å². The second-order valence-electron chi connectivity index (χ2n) is 5.09. The second-order valence-corrected chi connectivity index (χ2v) is 5.09. The van der Waals surface area contributed by atoms with Crippen molar-refractivity contribution in [1.29, 1.82) is 0 Å². The van der Waals surface area contributed by atoms with Gasteiger partial charge in [0.1, 0.15) is 0 Å². The average Bonchev–Trinajstić information content (AvgIpc) is 1.78. The number of rotatable bonds is 2. The van der Waals surface area contributed by atoms with Crippen molar-refractivity contribution < 1.29 is 0 Å². The number of hydrogen-bond acceptors (Lipinski definition) is 2. The maximum Gasteiger partial charge on any atom is 0.0308 e.